The third-order valence-electron chi connectivity index (χ3n) is 6.04. The van der Waals surface area contributed by atoms with Crippen LogP contribution in [0.15, 0.2) is 66.1 Å². The van der Waals surface area contributed by atoms with E-state index in [2.05, 4.69) is 20.9 Å². The van der Waals surface area contributed by atoms with Crippen molar-refractivity contribution in [3.8, 4) is 0 Å². The minimum atomic E-state index is -0.511. The molecule has 0 saturated heterocycles. The Balaban J connectivity index is 1.57. The number of carbonyl (C=O) groups excluding carboxylic acids is 2. The lowest BCUT2D eigenvalue weighted by Crippen LogP contribution is -2.41. The van der Waals surface area contributed by atoms with Crippen LogP contribution in [0.2, 0.25) is 0 Å². The smallest absolute Gasteiger partial charge is 0.290 e. The first kappa shape index (κ1) is 18.6. The first-order chi connectivity index (χ1) is 14.1. The summed E-state index contributed by atoms with van der Waals surface area (Å²) in [7, 11) is 0. The van der Waals surface area contributed by atoms with Crippen LogP contribution in [0.1, 0.15) is 36.6 Å². The van der Waals surface area contributed by atoms with Crippen molar-refractivity contribution in [3.63, 3.8) is 0 Å². The predicted octanol–water partition coefficient (Wildman–Crippen LogP) is 3.95. The molecule has 4 atom stereocenters. The van der Waals surface area contributed by atoms with Crippen LogP contribution in [0, 0.1) is 5.92 Å². The van der Waals surface area contributed by atoms with Gasteiger partial charge in [0.15, 0.2) is 11.5 Å². The van der Waals surface area contributed by atoms with Gasteiger partial charge in [-0.3, -0.25) is 14.6 Å². The van der Waals surface area contributed by atoms with E-state index in [9.17, 15) is 9.59 Å². The van der Waals surface area contributed by atoms with E-state index in [0.717, 1.165) is 24.8 Å². The zero-order valence-corrected chi connectivity index (χ0v) is 17.4. The number of ether oxygens (including phenoxy) is 1. The molecule has 6 heteroatoms. The normalized spacial score (nSPS) is 28.8. The Morgan fingerprint density at radius 2 is 1.86 bits per heavy atom. The maximum atomic E-state index is 13.5. The molecule has 1 aromatic heterocycles. The second-order valence-electron chi connectivity index (χ2n) is 7.86. The molecule has 3 heterocycles. The fraction of sp³-hybridized carbons (Fsp3) is 0.348. The van der Waals surface area contributed by atoms with Gasteiger partial charge >= 0.3 is 0 Å². The van der Waals surface area contributed by atoms with Gasteiger partial charge in [0.25, 0.3) is 5.91 Å². The molecular weight excluding hydrogens is 432 g/mol. The minimum Gasteiger partial charge on any atom is -0.483 e. The van der Waals surface area contributed by atoms with Crippen molar-refractivity contribution in [2.75, 3.05) is 0 Å². The molecule has 2 aromatic rings. The fourth-order valence-corrected chi connectivity index (χ4v) is 5.32. The average Bonchev–Trinajstić information content (AvgIpc) is 3.02. The number of halogens is 1. The average molecular weight is 453 g/mol. The Morgan fingerprint density at radius 3 is 2.62 bits per heavy atom. The molecule has 0 radical (unpaired) electrons. The summed E-state index contributed by atoms with van der Waals surface area (Å²) in [5.41, 5.74) is 2.18. The molecule has 5 nitrogen and oxygen atoms in total. The van der Waals surface area contributed by atoms with Gasteiger partial charge in [-0.15, -0.1) is 0 Å². The number of nitrogens with zero attached hydrogens (tertiary/aromatic N) is 2. The van der Waals surface area contributed by atoms with E-state index in [0.29, 0.717) is 22.6 Å². The van der Waals surface area contributed by atoms with Crippen LogP contribution in [0.3, 0.4) is 0 Å². The molecule has 1 aliphatic carbocycles. The highest BCUT2D eigenvalue weighted by atomic mass is 79.9. The summed E-state index contributed by atoms with van der Waals surface area (Å²) in [4.78, 5) is 33.4. The van der Waals surface area contributed by atoms with Gasteiger partial charge in [-0.05, 0) is 37.0 Å². The Bertz CT molecular complexity index is 976. The van der Waals surface area contributed by atoms with Gasteiger partial charge in [0.1, 0.15) is 12.1 Å². The van der Waals surface area contributed by atoms with Gasteiger partial charge < -0.3 is 9.64 Å². The molecule has 2 aliphatic heterocycles. The highest BCUT2D eigenvalue weighted by Crippen LogP contribution is 2.47. The van der Waals surface area contributed by atoms with Gasteiger partial charge in [-0.2, -0.15) is 0 Å². The number of aromatic nitrogens is 1. The lowest BCUT2D eigenvalue weighted by atomic mass is 9.78. The van der Waals surface area contributed by atoms with Crippen molar-refractivity contribution < 1.29 is 14.3 Å². The number of carbonyl (C=O) groups is 2. The maximum absolute atomic E-state index is 13.5. The molecule has 148 valence electrons. The number of hydrogen-bond acceptors (Lipinski definition) is 4. The molecular formula is C23H21BrN2O3. The van der Waals surface area contributed by atoms with Gasteiger partial charge in [0.2, 0.25) is 0 Å². The van der Waals surface area contributed by atoms with Crippen LogP contribution in [0.5, 0.6) is 0 Å². The van der Waals surface area contributed by atoms with E-state index < -0.39 is 6.04 Å². The summed E-state index contributed by atoms with van der Waals surface area (Å²) in [5, 5.41) is 0. The van der Waals surface area contributed by atoms with E-state index in [-0.39, 0.29) is 29.5 Å². The zero-order valence-electron chi connectivity index (χ0n) is 15.8. The van der Waals surface area contributed by atoms with Crippen LogP contribution in [0.4, 0.5) is 0 Å². The fourth-order valence-electron chi connectivity index (χ4n) is 4.65. The molecule has 3 aliphatic rings. The van der Waals surface area contributed by atoms with Crippen LogP contribution >= 0.6 is 15.9 Å². The number of benzene rings is 1. The van der Waals surface area contributed by atoms with Crippen molar-refractivity contribution in [3.05, 3.63) is 77.3 Å². The Kier molecular flexibility index (Phi) is 4.74. The third kappa shape index (κ3) is 3.19. The molecule has 4 unspecified atom stereocenters. The zero-order chi connectivity index (χ0) is 20.0. The summed E-state index contributed by atoms with van der Waals surface area (Å²) < 4.78 is 6.18. The summed E-state index contributed by atoms with van der Waals surface area (Å²) >= 11 is 3.66. The summed E-state index contributed by atoms with van der Waals surface area (Å²) in [6.07, 6.45) is 3.96. The number of pyridine rings is 1. The van der Waals surface area contributed by atoms with E-state index in [1.54, 1.807) is 11.1 Å². The van der Waals surface area contributed by atoms with Crippen LogP contribution in [0.25, 0.3) is 0 Å². The minimum absolute atomic E-state index is 0.0416. The standard InChI is InChI=1S/C23H21BrN2O3/c24-15-9-10-18-16(12-15)21(27)19-20(17-8-4-5-11-25-17)26(23(28)22(19)29-18)13-14-6-2-1-3-7-14/h1-8,11,15-16,18,20H,9-10,12-13H2. The number of ketones is 1. The number of fused-ring (bicyclic) bond motifs is 1. The Morgan fingerprint density at radius 1 is 1.07 bits per heavy atom. The second kappa shape index (κ2) is 7.41. The first-order valence-corrected chi connectivity index (χ1v) is 10.9. The van der Waals surface area contributed by atoms with Crippen LogP contribution < -0.4 is 0 Å². The summed E-state index contributed by atoms with van der Waals surface area (Å²) in [6, 6.07) is 14.9. The number of alkyl halides is 1. The van der Waals surface area contributed by atoms with Crippen molar-refractivity contribution in [1.29, 1.82) is 0 Å². The van der Waals surface area contributed by atoms with Crippen molar-refractivity contribution in [1.82, 2.24) is 9.88 Å². The van der Waals surface area contributed by atoms with Gasteiger partial charge in [-0.1, -0.05) is 52.3 Å². The SMILES string of the molecule is O=C1C2=C(OC3CCC(Br)CC13)C(=O)N(Cc1ccccc1)C2c1ccccn1. The van der Waals surface area contributed by atoms with E-state index in [4.69, 9.17) is 4.74 Å². The molecule has 5 rings (SSSR count). The van der Waals surface area contributed by atoms with E-state index in [1.807, 2.05) is 48.5 Å². The number of rotatable bonds is 3. The summed E-state index contributed by atoms with van der Waals surface area (Å²) in [6.45, 7) is 0.404. The lowest BCUT2D eigenvalue weighted by molar-refractivity contribution is -0.135. The molecule has 1 saturated carbocycles. The summed E-state index contributed by atoms with van der Waals surface area (Å²) in [5.74, 6) is -0.148. The van der Waals surface area contributed by atoms with E-state index >= 15 is 0 Å². The molecule has 29 heavy (non-hydrogen) atoms. The molecule has 0 spiro atoms. The highest BCUT2D eigenvalue weighted by molar-refractivity contribution is 9.09. The molecule has 1 fully saturated rings. The topological polar surface area (TPSA) is 59.5 Å². The third-order valence-corrected chi connectivity index (χ3v) is 6.87. The Hall–Kier alpha value is -2.47. The van der Waals surface area contributed by atoms with Crippen molar-refractivity contribution >= 4 is 27.6 Å². The Labute approximate surface area is 177 Å². The van der Waals surface area contributed by atoms with Gasteiger partial charge in [0, 0.05) is 17.6 Å². The highest BCUT2D eigenvalue weighted by Gasteiger charge is 2.53. The number of Topliss-reactive ketones (excluding diaryl/α,β-unsaturated/α-hetero) is 1. The quantitative estimate of drug-likeness (QED) is 0.661. The largest absolute Gasteiger partial charge is 0.483 e. The molecule has 0 bridgehead atoms. The maximum Gasteiger partial charge on any atom is 0.290 e. The van der Waals surface area contributed by atoms with Crippen LogP contribution in [-0.4, -0.2) is 32.5 Å². The van der Waals surface area contributed by atoms with E-state index in [1.165, 1.54) is 0 Å². The molecule has 1 amide bonds. The van der Waals surface area contributed by atoms with Gasteiger partial charge in [0.05, 0.1) is 17.2 Å². The predicted molar refractivity (Wildman–Crippen MR) is 111 cm³/mol. The number of hydrogen-bond donors (Lipinski definition) is 0. The van der Waals surface area contributed by atoms with Crippen LogP contribution in [-0.2, 0) is 20.9 Å². The number of amides is 1. The first-order valence-electron chi connectivity index (χ1n) is 9.98. The van der Waals surface area contributed by atoms with Gasteiger partial charge in [-0.25, -0.2) is 0 Å². The lowest BCUT2D eigenvalue weighted by Gasteiger charge is -2.37. The van der Waals surface area contributed by atoms with Crippen molar-refractivity contribution in [2.45, 2.75) is 42.8 Å². The van der Waals surface area contributed by atoms with Crippen molar-refractivity contribution in [2.24, 2.45) is 5.92 Å². The second-order valence-corrected chi connectivity index (χ2v) is 9.15. The molecule has 0 N–H and O–H groups in total. The monoisotopic (exact) mass is 452 g/mol. The molecule has 1 aromatic carbocycles.